The van der Waals surface area contributed by atoms with Crippen molar-refractivity contribution in [1.29, 1.82) is 0 Å². The van der Waals surface area contributed by atoms with Crippen molar-refractivity contribution in [3.8, 4) is 0 Å². The summed E-state index contributed by atoms with van der Waals surface area (Å²) < 4.78 is 0. The van der Waals surface area contributed by atoms with E-state index in [1.807, 2.05) is 12.2 Å². The minimum atomic E-state index is 0. The van der Waals surface area contributed by atoms with E-state index in [4.69, 9.17) is 0 Å². The first-order chi connectivity index (χ1) is 5.81. The fourth-order valence-corrected chi connectivity index (χ4v) is 0.603. The van der Waals surface area contributed by atoms with Gasteiger partial charge in [0.15, 0.2) is 0 Å². The molecule has 0 fully saturated rings. The van der Waals surface area contributed by atoms with Crippen molar-refractivity contribution in [3.63, 3.8) is 0 Å². The predicted molar refractivity (Wildman–Crippen MR) is 51.4 cm³/mol. The Kier molecular flexibility index (Phi) is 13.1. The second-order valence-electron chi connectivity index (χ2n) is 2.28. The van der Waals surface area contributed by atoms with Gasteiger partial charge in [-0.2, -0.15) is 6.08 Å². The van der Waals surface area contributed by atoms with Crippen LogP contribution in [0.1, 0.15) is 19.3 Å². The Hall–Kier alpha value is -0.591. The van der Waals surface area contributed by atoms with Crippen molar-refractivity contribution in [2.45, 2.75) is 19.3 Å². The van der Waals surface area contributed by atoms with Crippen molar-refractivity contribution < 1.29 is 21.9 Å². The molecule has 1 aliphatic rings. The summed E-state index contributed by atoms with van der Waals surface area (Å²) in [6.07, 6.45) is 12.4. The summed E-state index contributed by atoms with van der Waals surface area (Å²) in [5, 5.41) is 0. The van der Waals surface area contributed by atoms with E-state index in [0.29, 0.717) is 12.8 Å². The van der Waals surface area contributed by atoms with Crippen molar-refractivity contribution >= 4 is 5.78 Å². The van der Waals surface area contributed by atoms with Gasteiger partial charge in [0.25, 0.3) is 0 Å². The molecule has 1 nitrogen and oxygen atoms in total. The molecule has 0 spiro atoms. The van der Waals surface area contributed by atoms with Gasteiger partial charge in [-0.3, -0.25) is 6.08 Å². The van der Waals surface area contributed by atoms with Crippen LogP contribution in [0, 0.1) is 13.0 Å². The topological polar surface area (TPSA) is 17.1 Å². The average molecular weight is 218 g/mol. The van der Waals surface area contributed by atoms with Gasteiger partial charge in [0.2, 0.25) is 0 Å². The summed E-state index contributed by atoms with van der Waals surface area (Å²) >= 11 is 0. The summed E-state index contributed by atoms with van der Waals surface area (Å²) in [6, 6.07) is 0. The van der Waals surface area contributed by atoms with E-state index in [0.717, 1.165) is 6.42 Å². The molecule has 1 aliphatic carbocycles. The molecule has 0 bridgehead atoms. The Balaban J connectivity index is 0. The minimum absolute atomic E-state index is 0. The fourth-order valence-electron chi connectivity index (χ4n) is 0.603. The van der Waals surface area contributed by atoms with Gasteiger partial charge >= 0.3 is 17.1 Å². The van der Waals surface area contributed by atoms with Gasteiger partial charge in [-0.1, -0.05) is 6.08 Å². The molecule has 0 aliphatic heterocycles. The van der Waals surface area contributed by atoms with Crippen LogP contribution in [-0.2, 0) is 21.9 Å². The molecular weight excluding hydrogens is 204 g/mol. The SMILES string of the molecule is C=CCC(=O)C[CH2-].[C-]1=CC=CC1.[Fe+2]. The molecule has 1 rings (SSSR count). The third kappa shape index (κ3) is 11.4. The minimum Gasteiger partial charge on any atom is -0.336 e. The Labute approximate surface area is 91.1 Å². The number of hydrogen-bond acceptors (Lipinski definition) is 1. The van der Waals surface area contributed by atoms with E-state index in [2.05, 4.69) is 25.7 Å². The van der Waals surface area contributed by atoms with Crippen molar-refractivity contribution in [3.05, 3.63) is 43.9 Å². The second kappa shape index (κ2) is 11.4. The number of hydrogen-bond donors (Lipinski definition) is 0. The van der Waals surface area contributed by atoms with E-state index < -0.39 is 0 Å². The maximum absolute atomic E-state index is 10.3. The second-order valence-corrected chi connectivity index (χ2v) is 2.28. The summed E-state index contributed by atoms with van der Waals surface area (Å²) in [5.41, 5.74) is 0. The fraction of sp³-hybridized carbons (Fsp3) is 0.273. The molecule has 0 aromatic rings. The summed E-state index contributed by atoms with van der Waals surface area (Å²) in [7, 11) is 0. The van der Waals surface area contributed by atoms with Gasteiger partial charge < -0.3 is 11.7 Å². The molecule has 0 atom stereocenters. The van der Waals surface area contributed by atoms with Crippen LogP contribution in [0.2, 0.25) is 0 Å². The van der Waals surface area contributed by atoms with Crippen LogP contribution in [-0.4, -0.2) is 5.78 Å². The van der Waals surface area contributed by atoms with Crippen molar-refractivity contribution in [1.82, 2.24) is 0 Å². The van der Waals surface area contributed by atoms with E-state index in [-0.39, 0.29) is 22.9 Å². The number of allylic oxidation sites excluding steroid dienone is 5. The zero-order chi connectivity index (χ0) is 9.23. The predicted octanol–water partition coefficient (Wildman–Crippen LogP) is 2.66. The van der Waals surface area contributed by atoms with Crippen LogP contribution < -0.4 is 0 Å². The van der Waals surface area contributed by atoms with Gasteiger partial charge in [0, 0.05) is 6.42 Å². The molecule has 0 saturated carbocycles. The maximum Gasteiger partial charge on any atom is 2.00 e. The largest absolute Gasteiger partial charge is 2.00 e. The molecule has 72 valence electrons. The first-order valence-electron chi connectivity index (χ1n) is 3.94. The zero-order valence-corrected chi connectivity index (χ0v) is 8.71. The van der Waals surface area contributed by atoms with Gasteiger partial charge in [-0.15, -0.1) is 19.4 Å². The molecule has 13 heavy (non-hydrogen) atoms. The van der Waals surface area contributed by atoms with Crippen LogP contribution in [0.5, 0.6) is 0 Å². The van der Waals surface area contributed by atoms with Crippen molar-refractivity contribution in [2.24, 2.45) is 0 Å². The molecule has 0 amide bonds. The Morgan fingerprint density at radius 3 is 2.54 bits per heavy atom. The molecule has 0 unspecified atom stereocenters. The molecule has 2 heteroatoms. The Morgan fingerprint density at radius 2 is 2.38 bits per heavy atom. The monoisotopic (exact) mass is 218 g/mol. The zero-order valence-electron chi connectivity index (χ0n) is 7.61. The van der Waals surface area contributed by atoms with Crippen LogP contribution >= 0.6 is 0 Å². The average Bonchev–Trinajstić information content (AvgIpc) is 2.62. The Morgan fingerprint density at radius 1 is 1.69 bits per heavy atom. The first-order valence-corrected chi connectivity index (χ1v) is 3.94. The van der Waals surface area contributed by atoms with Crippen LogP contribution in [0.4, 0.5) is 0 Å². The maximum atomic E-state index is 10.3. The van der Waals surface area contributed by atoms with E-state index >= 15 is 0 Å². The van der Waals surface area contributed by atoms with Crippen molar-refractivity contribution in [2.75, 3.05) is 0 Å². The van der Waals surface area contributed by atoms with Gasteiger partial charge in [-0.05, 0) is 0 Å². The van der Waals surface area contributed by atoms with E-state index in [1.165, 1.54) is 0 Å². The van der Waals surface area contributed by atoms with Crippen LogP contribution in [0.25, 0.3) is 0 Å². The Bertz CT molecular complexity index is 182. The number of rotatable bonds is 3. The first kappa shape index (κ1) is 14.9. The van der Waals surface area contributed by atoms with E-state index in [1.54, 1.807) is 6.08 Å². The molecule has 0 N–H and O–H groups in total. The third-order valence-corrected chi connectivity index (χ3v) is 1.24. The normalized spacial score (nSPS) is 11.2. The van der Waals surface area contributed by atoms with Gasteiger partial charge in [0.1, 0.15) is 5.78 Å². The molecule has 0 radical (unpaired) electrons. The van der Waals surface area contributed by atoms with Gasteiger partial charge in [-0.25, -0.2) is 12.2 Å². The molecule has 0 aromatic carbocycles. The summed E-state index contributed by atoms with van der Waals surface area (Å²) in [4.78, 5) is 10.3. The number of carbonyl (C=O) groups excluding carboxylic acids is 1. The summed E-state index contributed by atoms with van der Waals surface area (Å²) in [6.45, 7) is 6.81. The van der Waals surface area contributed by atoms with Gasteiger partial charge in [0.05, 0.1) is 0 Å². The molecule has 0 heterocycles. The quantitative estimate of drug-likeness (QED) is 0.404. The molecule has 0 saturated heterocycles. The van der Waals surface area contributed by atoms with E-state index in [9.17, 15) is 4.79 Å². The number of ketones is 1. The number of carbonyl (C=O) groups is 1. The third-order valence-electron chi connectivity index (χ3n) is 1.24. The molecule has 0 aromatic heterocycles. The van der Waals surface area contributed by atoms with Crippen LogP contribution in [0.15, 0.2) is 30.9 Å². The smallest absolute Gasteiger partial charge is 0.336 e. The molecular formula is C11H14FeO. The standard InChI is InChI=1S/C6H9O.C5H5.Fe/c1-3-5-6(7)4-2;1-2-4-5-3-1;/h3H,1-2,4-5H2;1-3H,4H2;/q2*-1;+2. The number of Topliss-reactive ketones (excluding diaryl/α,β-unsaturated/α-hetero) is 1. The summed E-state index contributed by atoms with van der Waals surface area (Å²) in [5.74, 6) is 0.148. The van der Waals surface area contributed by atoms with Crippen LogP contribution in [0.3, 0.4) is 0 Å².